The molecule has 4 aliphatic rings. The molecule has 0 aliphatic heterocycles. The normalized spacial score (nSPS) is 47.9. The highest BCUT2D eigenvalue weighted by molar-refractivity contribution is 5.29. The molecule has 4 nitrogen and oxygen atoms in total. The lowest BCUT2D eigenvalue weighted by Gasteiger charge is -2.61. The first kappa shape index (κ1) is 24.7. The zero-order chi connectivity index (χ0) is 23.4. The zero-order valence-corrected chi connectivity index (χ0v) is 21.0. The molecule has 4 rings (SSSR count). The Bertz CT molecular complexity index is 704. The number of rotatable bonds is 6. The predicted octanol–water partition coefficient (Wildman–Crippen LogP) is 4.55. The summed E-state index contributed by atoms with van der Waals surface area (Å²) in [5.74, 6) is 3.16. The van der Waals surface area contributed by atoms with Gasteiger partial charge in [-0.1, -0.05) is 59.1 Å². The summed E-state index contributed by atoms with van der Waals surface area (Å²) < 4.78 is 0. The van der Waals surface area contributed by atoms with E-state index in [0.29, 0.717) is 54.8 Å². The van der Waals surface area contributed by atoms with Crippen LogP contribution in [0.1, 0.15) is 86.0 Å². The van der Waals surface area contributed by atoms with Crippen LogP contribution in [-0.2, 0) is 0 Å². The third-order valence-electron chi connectivity index (χ3n) is 11.1. The first-order valence-corrected chi connectivity index (χ1v) is 13.4. The van der Waals surface area contributed by atoms with E-state index in [1.54, 1.807) is 0 Å². The average molecular weight is 449 g/mol. The lowest BCUT2D eigenvalue weighted by Crippen LogP contribution is -2.61. The molecule has 11 atom stereocenters. The lowest BCUT2D eigenvalue weighted by molar-refractivity contribution is -0.172. The van der Waals surface area contributed by atoms with Crippen LogP contribution < -0.4 is 0 Å². The highest BCUT2D eigenvalue weighted by atomic mass is 16.3. The Morgan fingerprint density at radius 3 is 2.44 bits per heavy atom. The minimum atomic E-state index is -0.616. The van der Waals surface area contributed by atoms with Gasteiger partial charge in [0.05, 0.1) is 18.3 Å². The molecule has 4 unspecified atom stereocenters. The Labute approximate surface area is 195 Å². The van der Waals surface area contributed by atoms with Crippen molar-refractivity contribution in [3.63, 3.8) is 0 Å². The topological polar surface area (TPSA) is 80.9 Å². The molecule has 0 saturated heterocycles. The molecule has 4 aliphatic carbocycles. The number of aliphatic hydroxyl groups excluding tert-OH is 4. The summed E-state index contributed by atoms with van der Waals surface area (Å²) in [7, 11) is 0. The SMILES string of the molecule is CC(C)[C@@H](C)CC[C@@H](C)C1CCC2C3CC=C4C[C@@H](O)C[C@H](O)[C@]4(C)C3[C@H](O)C[C@@]21CO. The van der Waals surface area contributed by atoms with Crippen molar-refractivity contribution in [3.8, 4) is 0 Å². The van der Waals surface area contributed by atoms with Crippen molar-refractivity contribution in [3.05, 3.63) is 11.6 Å². The highest BCUT2D eigenvalue weighted by Gasteiger charge is 2.65. The average Bonchev–Trinajstić information content (AvgIpc) is 3.12. The van der Waals surface area contributed by atoms with Crippen LogP contribution in [0, 0.1) is 52.3 Å². The molecule has 32 heavy (non-hydrogen) atoms. The van der Waals surface area contributed by atoms with E-state index in [-0.39, 0.29) is 17.9 Å². The van der Waals surface area contributed by atoms with Crippen LogP contribution in [0.5, 0.6) is 0 Å². The van der Waals surface area contributed by atoms with Crippen LogP contribution in [0.4, 0.5) is 0 Å². The fourth-order valence-corrected chi connectivity index (χ4v) is 8.86. The van der Waals surface area contributed by atoms with Gasteiger partial charge in [-0.3, -0.25) is 0 Å². The van der Waals surface area contributed by atoms with Gasteiger partial charge in [0.1, 0.15) is 0 Å². The van der Waals surface area contributed by atoms with E-state index >= 15 is 0 Å². The largest absolute Gasteiger partial charge is 0.396 e. The van der Waals surface area contributed by atoms with Crippen molar-refractivity contribution in [1.29, 1.82) is 0 Å². The van der Waals surface area contributed by atoms with Crippen molar-refractivity contribution in [2.45, 2.75) is 104 Å². The number of aliphatic hydroxyl groups is 4. The van der Waals surface area contributed by atoms with Crippen LogP contribution >= 0.6 is 0 Å². The quantitative estimate of drug-likeness (QED) is 0.450. The van der Waals surface area contributed by atoms with Gasteiger partial charge in [0.25, 0.3) is 0 Å². The summed E-state index contributed by atoms with van der Waals surface area (Å²) in [5, 5.41) is 43.8. The maximum atomic E-state index is 11.6. The van der Waals surface area contributed by atoms with Gasteiger partial charge in [0.2, 0.25) is 0 Å². The maximum Gasteiger partial charge on any atom is 0.0659 e. The molecule has 4 N–H and O–H groups in total. The van der Waals surface area contributed by atoms with Crippen LogP contribution in [0.25, 0.3) is 0 Å². The Morgan fingerprint density at radius 1 is 1.06 bits per heavy atom. The smallest absolute Gasteiger partial charge is 0.0659 e. The molecular formula is C28H48O4. The van der Waals surface area contributed by atoms with Crippen LogP contribution in [0.15, 0.2) is 11.6 Å². The Balaban J connectivity index is 1.60. The summed E-state index contributed by atoms with van der Waals surface area (Å²) in [6, 6.07) is 0. The van der Waals surface area contributed by atoms with E-state index in [4.69, 9.17) is 0 Å². The fourth-order valence-electron chi connectivity index (χ4n) is 8.86. The van der Waals surface area contributed by atoms with Gasteiger partial charge in [-0.2, -0.15) is 0 Å². The van der Waals surface area contributed by atoms with Crippen molar-refractivity contribution < 1.29 is 20.4 Å². The minimum Gasteiger partial charge on any atom is -0.396 e. The third kappa shape index (κ3) is 3.72. The summed E-state index contributed by atoms with van der Waals surface area (Å²) in [4.78, 5) is 0. The monoisotopic (exact) mass is 448 g/mol. The zero-order valence-electron chi connectivity index (χ0n) is 21.0. The van der Waals surface area contributed by atoms with Gasteiger partial charge in [0, 0.05) is 23.9 Å². The maximum absolute atomic E-state index is 11.6. The van der Waals surface area contributed by atoms with Gasteiger partial charge in [0.15, 0.2) is 0 Å². The van der Waals surface area contributed by atoms with Crippen LogP contribution in [0.2, 0.25) is 0 Å². The van der Waals surface area contributed by atoms with Gasteiger partial charge in [-0.25, -0.2) is 0 Å². The summed E-state index contributed by atoms with van der Waals surface area (Å²) in [6.07, 6.45) is 7.94. The predicted molar refractivity (Wildman–Crippen MR) is 128 cm³/mol. The second-order valence-corrected chi connectivity index (χ2v) is 12.8. The Hall–Kier alpha value is -0.420. The van der Waals surface area contributed by atoms with E-state index in [0.717, 1.165) is 24.8 Å². The summed E-state index contributed by atoms with van der Waals surface area (Å²) in [6.45, 7) is 11.6. The molecular weight excluding hydrogens is 400 g/mol. The van der Waals surface area contributed by atoms with Gasteiger partial charge in [-0.05, 0) is 73.5 Å². The van der Waals surface area contributed by atoms with E-state index < -0.39 is 23.7 Å². The molecule has 3 fully saturated rings. The van der Waals surface area contributed by atoms with Gasteiger partial charge < -0.3 is 20.4 Å². The minimum absolute atomic E-state index is 0.0182. The van der Waals surface area contributed by atoms with Gasteiger partial charge in [-0.15, -0.1) is 0 Å². The second-order valence-electron chi connectivity index (χ2n) is 12.8. The number of hydrogen-bond acceptors (Lipinski definition) is 4. The van der Waals surface area contributed by atoms with Crippen molar-refractivity contribution in [2.24, 2.45) is 52.3 Å². The third-order valence-corrected chi connectivity index (χ3v) is 11.1. The first-order chi connectivity index (χ1) is 15.1. The molecule has 0 spiro atoms. The van der Waals surface area contributed by atoms with E-state index in [1.807, 2.05) is 0 Å². The first-order valence-electron chi connectivity index (χ1n) is 13.4. The molecule has 184 valence electrons. The number of allylic oxidation sites excluding steroid dienone is 1. The molecule has 0 radical (unpaired) electrons. The summed E-state index contributed by atoms with van der Waals surface area (Å²) in [5.41, 5.74) is 0.493. The molecule has 0 amide bonds. The molecule has 4 heteroatoms. The standard InChI is InChI=1S/C28H48O4/c1-16(2)17(3)6-7-18(4)22-10-11-23-21-9-8-19-12-20(30)13-25(32)27(19,5)26(21)24(31)14-28(22,23)15-29/h8,16-18,20-26,29-32H,6-7,9-15H2,1-5H3/t17-,18+,20+,21?,22?,23?,24+,25-,26?,27+,28-/m0/s1. The molecule has 0 aromatic heterocycles. The van der Waals surface area contributed by atoms with E-state index in [1.165, 1.54) is 12.8 Å². The van der Waals surface area contributed by atoms with E-state index in [2.05, 4.69) is 40.7 Å². The van der Waals surface area contributed by atoms with Crippen molar-refractivity contribution in [2.75, 3.05) is 6.61 Å². The molecule has 0 aromatic rings. The molecule has 0 heterocycles. The molecule has 3 saturated carbocycles. The second kappa shape index (κ2) is 8.98. The number of fused-ring (bicyclic) bond motifs is 5. The van der Waals surface area contributed by atoms with Gasteiger partial charge >= 0.3 is 0 Å². The number of hydrogen-bond donors (Lipinski definition) is 4. The Kier molecular flexibility index (Phi) is 6.93. The van der Waals surface area contributed by atoms with E-state index in [9.17, 15) is 20.4 Å². The van der Waals surface area contributed by atoms with Crippen molar-refractivity contribution >= 4 is 0 Å². The molecule has 0 bridgehead atoms. The summed E-state index contributed by atoms with van der Waals surface area (Å²) >= 11 is 0. The van der Waals surface area contributed by atoms with Crippen LogP contribution in [-0.4, -0.2) is 45.3 Å². The molecule has 0 aromatic carbocycles. The highest BCUT2D eigenvalue weighted by Crippen LogP contribution is 2.67. The van der Waals surface area contributed by atoms with Crippen LogP contribution in [0.3, 0.4) is 0 Å². The lowest BCUT2D eigenvalue weighted by atomic mass is 9.45. The van der Waals surface area contributed by atoms with Crippen molar-refractivity contribution in [1.82, 2.24) is 0 Å². The fraction of sp³-hybridized carbons (Fsp3) is 0.929. The Morgan fingerprint density at radius 2 is 1.78 bits per heavy atom.